The maximum Gasteiger partial charge on any atom is 0.352 e. The van der Waals surface area contributed by atoms with Crippen molar-refractivity contribution in [2.24, 2.45) is 0 Å². The summed E-state index contributed by atoms with van der Waals surface area (Å²) >= 11 is 6.22. The molecule has 1 fully saturated rings. The van der Waals surface area contributed by atoms with Crippen molar-refractivity contribution < 1.29 is 13.9 Å². The van der Waals surface area contributed by atoms with Crippen molar-refractivity contribution in [2.75, 3.05) is 13.2 Å². The number of nitrogens with one attached hydrogen (secondary N) is 1. The van der Waals surface area contributed by atoms with Crippen molar-refractivity contribution >= 4 is 17.5 Å². The molecule has 10 heteroatoms. The van der Waals surface area contributed by atoms with Gasteiger partial charge in [0.1, 0.15) is 5.82 Å². The molecule has 1 amide bonds. The number of nitrogens with zero attached hydrogens (tertiary/aromatic N) is 3. The highest BCUT2D eigenvalue weighted by atomic mass is 35.5. The van der Waals surface area contributed by atoms with Crippen LogP contribution < -0.4 is 16.6 Å². The van der Waals surface area contributed by atoms with Crippen molar-refractivity contribution in [2.45, 2.75) is 32.4 Å². The molecule has 8 nitrogen and oxygen atoms in total. The van der Waals surface area contributed by atoms with Gasteiger partial charge in [-0.3, -0.25) is 14.2 Å². The van der Waals surface area contributed by atoms with Gasteiger partial charge in [-0.05, 0) is 55.2 Å². The minimum Gasteiger partial charge on any atom is -0.376 e. The molecule has 0 aliphatic carbocycles. The van der Waals surface area contributed by atoms with Crippen molar-refractivity contribution in [3.05, 3.63) is 91.0 Å². The summed E-state index contributed by atoms with van der Waals surface area (Å²) in [6.45, 7) is 2.50. The fraction of sp³-hybridized carbons (Fsp3) is 0.304. The van der Waals surface area contributed by atoms with E-state index in [4.69, 9.17) is 16.3 Å². The van der Waals surface area contributed by atoms with Crippen LogP contribution in [0.3, 0.4) is 0 Å². The Morgan fingerprint density at radius 3 is 2.67 bits per heavy atom. The summed E-state index contributed by atoms with van der Waals surface area (Å²) in [7, 11) is 0. The summed E-state index contributed by atoms with van der Waals surface area (Å²) in [5.41, 5.74) is -0.421. The summed E-state index contributed by atoms with van der Waals surface area (Å²) in [5, 5.41) is 7.15. The van der Waals surface area contributed by atoms with Gasteiger partial charge in [0, 0.05) is 18.2 Å². The van der Waals surface area contributed by atoms with E-state index in [1.54, 1.807) is 12.1 Å². The second-order valence-corrected chi connectivity index (χ2v) is 8.25. The van der Waals surface area contributed by atoms with E-state index in [9.17, 15) is 18.8 Å². The highest BCUT2D eigenvalue weighted by Gasteiger charge is 2.23. The largest absolute Gasteiger partial charge is 0.376 e. The second-order valence-electron chi connectivity index (χ2n) is 7.84. The van der Waals surface area contributed by atoms with Crippen LogP contribution in [0.2, 0.25) is 5.02 Å². The molecule has 4 rings (SSSR count). The van der Waals surface area contributed by atoms with Crippen LogP contribution in [0, 0.1) is 12.7 Å². The van der Waals surface area contributed by atoms with Gasteiger partial charge in [-0.15, -0.1) is 0 Å². The minimum absolute atomic E-state index is 0.128. The normalized spacial score (nSPS) is 15.5. The van der Waals surface area contributed by atoms with Crippen LogP contribution in [0.5, 0.6) is 0 Å². The lowest BCUT2D eigenvalue weighted by Gasteiger charge is -2.14. The molecule has 0 bridgehead atoms. The van der Waals surface area contributed by atoms with Gasteiger partial charge >= 0.3 is 5.69 Å². The third kappa shape index (κ3) is 5.04. The fourth-order valence-corrected chi connectivity index (χ4v) is 3.72. The number of carbonyl (C=O) groups is 1. The predicted molar refractivity (Wildman–Crippen MR) is 121 cm³/mol. The van der Waals surface area contributed by atoms with Crippen LogP contribution in [0.4, 0.5) is 4.39 Å². The smallest absolute Gasteiger partial charge is 0.352 e. The van der Waals surface area contributed by atoms with E-state index in [2.05, 4.69) is 10.4 Å². The lowest BCUT2D eigenvalue weighted by atomic mass is 10.2. The maximum atomic E-state index is 13.3. The predicted octanol–water partition coefficient (Wildman–Crippen LogP) is 2.45. The first-order valence-corrected chi connectivity index (χ1v) is 10.9. The standard InChI is InChI=1S/C23H22ClFN4O4/c1-14-4-9-17(11-19(14)24)29-23(32)28(13-15-5-7-16(25)8-6-15)22(31)20(27-29)21(30)26-12-18-3-2-10-33-18/h4-9,11,18H,2-3,10,12-13H2,1H3,(H,26,30)/t18-/m0/s1. The lowest BCUT2D eigenvalue weighted by molar-refractivity contribution is 0.0849. The van der Waals surface area contributed by atoms with Crippen LogP contribution in [-0.4, -0.2) is 39.5 Å². The number of halogens is 2. The molecule has 33 heavy (non-hydrogen) atoms. The van der Waals surface area contributed by atoms with Crippen molar-refractivity contribution in [3.63, 3.8) is 0 Å². The molecule has 1 saturated heterocycles. The number of ether oxygens (including phenoxy) is 1. The van der Waals surface area contributed by atoms with Gasteiger partial charge in [0.05, 0.1) is 18.3 Å². The summed E-state index contributed by atoms with van der Waals surface area (Å²) in [4.78, 5) is 39.1. The molecule has 0 unspecified atom stereocenters. The quantitative estimate of drug-likeness (QED) is 0.594. The van der Waals surface area contributed by atoms with Crippen LogP contribution in [0.1, 0.15) is 34.5 Å². The minimum atomic E-state index is -0.844. The van der Waals surface area contributed by atoms with E-state index in [-0.39, 0.29) is 19.2 Å². The summed E-state index contributed by atoms with van der Waals surface area (Å²) < 4.78 is 20.7. The zero-order valence-electron chi connectivity index (χ0n) is 17.9. The molecule has 2 heterocycles. The Morgan fingerprint density at radius 2 is 2.00 bits per heavy atom. The first-order chi connectivity index (χ1) is 15.8. The van der Waals surface area contributed by atoms with Gasteiger partial charge in [-0.1, -0.05) is 29.8 Å². The van der Waals surface area contributed by atoms with Crippen LogP contribution >= 0.6 is 11.6 Å². The van der Waals surface area contributed by atoms with Gasteiger partial charge in [0.2, 0.25) is 5.69 Å². The van der Waals surface area contributed by atoms with E-state index in [0.29, 0.717) is 22.9 Å². The van der Waals surface area contributed by atoms with Crippen LogP contribution in [-0.2, 0) is 11.3 Å². The fourth-order valence-electron chi connectivity index (χ4n) is 3.55. The van der Waals surface area contributed by atoms with Crippen molar-refractivity contribution in [3.8, 4) is 5.69 Å². The second kappa shape index (κ2) is 9.68. The molecule has 0 spiro atoms. The first kappa shape index (κ1) is 22.9. The van der Waals surface area contributed by atoms with Gasteiger partial charge < -0.3 is 10.1 Å². The van der Waals surface area contributed by atoms with Crippen molar-refractivity contribution in [1.82, 2.24) is 19.7 Å². The number of hydrogen-bond acceptors (Lipinski definition) is 5. The number of rotatable bonds is 6. The number of amides is 1. The Labute approximate surface area is 193 Å². The zero-order chi connectivity index (χ0) is 23.5. The van der Waals surface area contributed by atoms with E-state index >= 15 is 0 Å². The van der Waals surface area contributed by atoms with E-state index in [1.165, 1.54) is 30.3 Å². The summed E-state index contributed by atoms with van der Waals surface area (Å²) in [6.07, 6.45) is 1.59. The number of aromatic nitrogens is 3. The molecule has 172 valence electrons. The molecule has 0 radical (unpaired) electrons. The number of benzene rings is 2. The maximum absolute atomic E-state index is 13.3. The molecule has 1 atom stereocenters. The average molecular weight is 473 g/mol. The Morgan fingerprint density at radius 1 is 1.24 bits per heavy atom. The van der Waals surface area contributed by atoms with Crippen LogP contribution in [0.15, 0.2) is 52.1 Å². The summed E-state index contributed by atoms with van der Waals surface area (Å²) in [6, 6.07) is 10.3. The topological polar surface area (TPSA) is 95.2 Å². The highest BCUT2D eigenvalue weighted by Crippen LogP contribution is 2.18. The Kier molecular flexibility index (Phi) is 6.71. The van der Waals surface area contributed by atoms with E-state index < -0.39 is 28.7 Å². The molecule has 1 aliphatic heterocycles. The Balaban J connectivity index is 1.78. The third-order valence-electron chi connectivity index (χ3n) is 5.44. The molecule has 1 aromatic heterocycles. The number of aryl methyl sites for hydroxylation is 1. The highest BCUT2D eigenvalue weighted by molar-refractivity contribution is 6.31. The third-order valence-corrected chi connectivity index (χ3v) is 5.85. The number of carbonyl (C=O) groups excluding carboxylic acids is 1. The lowest BCUT2D eigenvalue weighted by Crippen LogP contribution is -2.46. The van der Waals surface area contributed by atoms with Crippen LogP contribution in [0.25, 0.3) is 5.69 Å². The molecule has 2 aromatic carbocycles. The molecular formula is C23H22ClFN4O4. The van der Waals surface area contributed by atoms with Crippen molar-refractivity contribution in [1.29, 1.82) is 0 Å². The molecule has 1 aliphatic rings. The summed E-state index contributed by atoms with van der Waals surface area (Å²) in [5.74, 6) is -1.16. The monoisotopic (exact) mass is 472 g/mol. The van der Waals surface area contributed by atoms with Gasteiger partial charge in [0.25, 0.3) is 11.5 Å². The van der Waals surface area contributed by atoms with Gasteiger partial charge in [0.15, 0.2) is 0 Å². The van der Waals surface area contributed by atoms with Gasteiger partial charge in [-0.2, -0.15) is 9.78 Å². The molecule has 0 saturated carbocycles. The SMILES string of the molecule is Cc1ccc(-n2nc(C(=O)NC[C@@H]3CCCO3)c(=O)n(Cc3ccc(F)cc3)c2=O)cc1Cl. The Bertz CT molecular complexity index is 1300. The Hall–Kier alpha value is -3.30. The molecule has 1 N–H and O–H groups in total. The first-order valence-electron chi connectivity index (χ1n) is 10.5. The average Bonchev–Trinajstić information content (AvgIpc) is 3.32. The van der Waals surface area contributed by atoms with E-state index in [1.807, 2.05) is 6.92 Å². The zero-order valence-corrected chi connectivity index (χ0v) is 18.6. The van der Waals surface area contributed by atoms with E-state index in [0.717, 1.165) is 27.7 Å². The van der Waals surface area contributed by atoms with Gasteiger partial charge in [-0.25, -0.2) is 9.18 Å². The molecule has 3 aromatic rings. The number of hydrogen-bond donors (Lipinski definition) is 1. The molecular weight excluding hydrogens is 451 g/mol.